The van der Waals surface area contributed by atoms with Crippen LogP contribution in [0.1, 0.15) is 60.0 Å². The molecule has 2 amide bonds. The fourth-order valence-electron chi connectivity index (χ4n) is 3.77. The zero-order chi connectivity index (χ0) is 26.0. The lowest BCUT2D eigenvalue weighted by atomic mass is 10.0. The fraction of sp³-hybridized carbons (Fsp3) is 0.360. The molecule has 0 spiro atoms. The van der Waals surface area contributed by atoms with E-state index in [1.807, 2.05) is 13.8 Å². The quantitative estimate of drug-likeness (QED) is 0.353. The van der Waals surface area contributed by atoms with E-state index < -0.39 is 17.4 Å². The number of amides is 2. The summed E-state index contributed by atoms with van der Waals surface area (Å²) in [4.78, 5) is 34.5. The molecule has 0 bridgehead atoms. The maximum absolute atomic E-state index is 15.1. The summed E-state index contributed by atoms with van der Waals surface area (Å²) < 4.78 is 20.8. The Kier molecular flexibility index (Phi) is 7.82. The molecular weight excluding hydrogens is 526 g/mol. The number of nitrogens with one attached hydrogen (secondary N) is 2. The molecule has 0 saturated heterocycles. The summed E-state index contributed by atoms with van der Waals surface area (Å²) in [5, 5.41) is 7.14. The van der Waals surface area contributed by atoms with Crippen molar-refractivity contribution in [2.75, 3.05) is 6.61 Å². The third-order valence-corrected chi connectivity index (χ3v) is 7.49. The number of nitrogens with zero attached hydrogens (tertiary/aromatic N) is 2. The van der Waals surface area contributed by atoms with Crippen LogP contribution in [0.2, 0.25) is 10.0 Å². The lowest BCUT2D eigenvalue weighted by Gasteiger charge is -2.21. The van der Waals surface area contributed by atoms with E-state index in [0.29, 0.717) is 51.2 Å². The van der Waals surface area contributed by atoms with Crippen LogP contribution < -0.4 is 15.4 Å². The van der Waals surface area contributed by atoms with Gasteiger partial charge in [0.25, 0.3) is 5.91 Å². The van der Waals surface area contributed by atoms with Crippen LogP contribution in [0.5, 0.6) is 5.75 Å². The number of hydrogen-bond donors (Lipinski definition) is 2. The second-order valence-corrected chi connectivity index (χ2v) is 10.5. The molecular formula is C25H25Cl2FN4O3S. The first-order valence-electron chi connectivity index (χ1n) is 11.5. The summed E-state index contributed by atoms with van der Waals surface area (Å²) in [5.74, 6) is -0.942. The lowest BCUT2D eigenvalue weighted by Crippen LogP contribution is -2.49. The smallest absolute Gasteiger partial charge is 0.263 e. The number of rotatable bonds is 9. The highest BCUT2D eigenvalue weighted by atomic mass is 35.5. The molecule has 1 saturated carbocycles. The van der Waals surface area contributed by atoms with Gasteiger partial charge >= 0.3 is 0 Å². The fourth-order valence-corrected chi connectivity index (χ4v) is 5.08. The largest absolute Gasteiger partial charge is 0.492 e. The maximum Gasteiger partial charge on any atom is 0.263 e. The number of aromatic nitrogens is 2. The Morgan fingerprint density at radius 1 is 1.19 bits per heavy atom. The summed E-state index contributed by atoms with van der Waals surface area (Å²) >= 11 is 13.7. The SMILES string of the molecule is CCOc1c(Cl)cc(Cl)cc1-c1cnc([C@@H](C)NC(=O)C2(NC(=O)c3cnc(CC)s3)CC2)c(F)c1. The molecule has 1 aliphatic rings. The van der Waals surface area contributed by atoms with Gasteiger partial charge < -0.3 is 15.4 Å². The number of carbonyl (C=O) groups is 2. The number of aryl methyl sites for hydroxylation is 1. The normalized spacial score (nSPS) is 14.7. The Balaban J connectivity index is 1.48. The number of thiazole rings is 1. The van der Waals surface area contributed by atoms with Gasteiger partial charge in [-0.1, -0.05) is 30.1 Å². The number of benzene rings is 1. The zero-order valence-corrected chi connectivity index (χ0v) is 22.3. The van der Waals surface area contributed by atoms with Crippen molar-refractivity contribution in [2.45, 2.75) is 51.6 Å². The van der Waals surface area contributed by atoms with Crippen molar-refractivity contribution in [3.05, 3.63) is 62.0 Å². The van der Waals surface area contributed by atoms with Gasteiger partial charge in [-0.3, -0.25) is 14.6 Å². The first-order chi connectivity index (χ1) is 17.2. The molecule has 2 aromatic heterocycles. The van der Waals surface area contributed by atoms with E-state index in [9.17, 15) is 9.59 Å². The van der Waals surface area contributed by atoms with Gasteiger partial charge in [0.1, 0.15) is 22.0 Å². The minimum Gasteiger partial charge on any atom is -0.492 e. The number of carbonyl (C=O) groups excluding carboxylic acids is 2. The topological polar surface area (TPSA) is 93.2 Å². The molecule has 3 aromatic rings. The van der Waals surface area contributed by atoms with E-state index >= 15 is 4.39 Å². The van der Waals surface area contributed by atoms with E-state index in [4.69, 9.17) is 27.9 Å². The highest BCUT2D eigenvalue weighted by Crippen LogP contribution is 2.40. The van der Waals surface area contributed by atoms with Gasteiger partial charge in [-0.05, 0) is 51.3 Å². The minimum atomic E-state index is -1.01. The van der Waals surface area contributed by atoms with Gasteiger partial charge in [-0.2, -0.15) is 0 Å². The third kappa shape index (κ3) is 5.48. The standard InChI is InChI=1S/C25H25Cl2FN4O3S/c1-4-20-29-12-19(36-20)23(33)32-25(6-7-25)24(34)31-13(3)21-18(28)8-14(11-30-21)16-9-15(26)10-17(27)22(16)35-5-2/h8-13H,4-7H2,1-3H3,(H,31,34)(H,32,33)/t13-/m1/s1. The first kappa shape index (κ1) is 26.3. The van der Waals surface area contributed by atoms with Crippen LogP contribution in [0.3, 0.4) is 0 Å². The number of ether oxygens (including phenoxy) is 1. The van der Waals surface area contributed by atoms with E-state index in [1.54, 1.807) is 19.1 Å². The summed E-state index contributed by atoms with van der Waals surface area (Å²) in [6.07, 6.45) is 4.73. The van der Waals surface area contributed by atoms with Crippen LogP contribution in [-0.2, 0) is 11.2 Å². The van der Waals surface area contributed by atoms with Gasteiger partial charge in [0, 0.05) is 22.3 Å². The van der Waals surface area contributed by atoms with Crippen molar-refractivity contribution < 1.29 is 18.7 Å². The number of hydrogen-bond acceptors (Lipinski definition) is 6. The van der Waals surface area contributed by atoms with Gasteiger partial charge in [-0.25, -0.2) is 9.37 Å². The van der Waals surface area contributed by atoms with E-state index in [0.717, 1.165) is 11.4 Å². The van der Waals surface area contributed by atoms with E-state index in [-0.39, 0.29) is 17.5 Å². The van der Waals surface area contributed by atoms with Crippen LogP contribution >= 0.6 is 34.5 Å². The molecule has 1 atom stereocenters. The molecule has 11 heteroatoms. The Bertz CT molecular complexity index is 1310. The van der Waals surface area contributed by atoms with Crippen LogP contribution in [0.25, 0.3) is 11.1 Å². The maximum atomic E-state index is 15.1. The predicted molar refractivity (Wildman–Crippen MR) is 138 cm³/mol. The monoisotopic (exact) mass is 550 g/mol. The average Bonchev–Trinajstić information content (AvgIpc) is 3.45. The molecule has 2 heterocycles. The zero-order valence-electron chi connectivity index (χ0n) is 20.0. The second kappa shape index (κ2) is 10.7. The third-order valence-electron chi connectivity index (χ3n) is 5.85. The molecule has 1 aromatic carbocycles. The van der Waals surface area contributed by atoms with Crippen LogP contribution in [0.15, 0.2) is 30.6 Å². The summed E-state index contributed by atoms with van der Waals surface area (Å²) in [6.45, 7) is 5.78. The van der Waals surface area contributed by atoms with E-state index in [1.165, 1.54) is 29.8 Å². The van der Waals surface area contributed by atoms with Crippen molar-refractivity contribution in [3.8, 4) is 16.9 Å². The Morgan fingerprint density at radius 2 is 1.94 bits per heavy atom. The van der Waals surface area contributed by atoms with Crippen LogP contribution in [-0.4, -0.2) is 33.9 Å². The lowest BCUT2D eigenvalue weighted by molar-refractivity contribution is -0.124. The number of halogens is 3. The van der Waals surface area contributed by atoms with Crippen LogP contribution in [0, 0.1) is 5.82 Å². The Hall–Kier alpha value is -2.75. The molecule has 1 aliphatic carbocycles. The Labute approximate surface area is 222 Å². The predicted octanol–water partition coefficient (Wildman–Crippen LogP) is 5.75. The molecule has 190 valence electrons. The number of pyridine rings is 1. The minimum absolute atomic E-state index is 0.0651. The van der Waals surface area contributed by atoms with Crippen molar-refractivity contribution in [2.24, 2.45) is 0 Å². The molecule has 4 rings (SSSR count). The summed E-state index contributed by atoms with van der Waals surface area (Å²) in [5.41, 5.74) is 0.0000474. The Morgan fingerprint density at radius 3 is 2.56 bits per heavy atom. The molecule has 2 N–H and O–H groups in total. The van der Waals surface area contributed by atoms with Gasteiger partial charge in [0.2, 0.25) is 5.91 Å². The van der Waals surface area contributed by atoms with Crippen molar-refractivity contribution in [1.82, 2.24) is 20.6 Å². The van der Waals surface area contributed by atoms with Crippen molar-refractivity contribution in [1.29, 1.82) is 0 Å². The van der Waals surface area contributed by atoms with E-state index in [2.05, 4.69) is 20.6 Å². The summed E-state index contributed by atoms with van der Waals surface area (Å²) in [7, 11) is 0. The second-order valence-electron chi connectivity index (χ2n) is 8.49. The average molecular weight is 551 g/mol. The summed E-state index contributed by atoms with van der Waals surface area (Å²) in [6, 6.07) is 3.76. The molecule has 36 heavy (non-hydrogen) atoms. The van der Waals surface area contributed by atoms with Gasteiger partial charge in [0.15, 0.2) is 0 Å². The molecule has 0 unspecified atom stereocenters. The highest BCUT2D eigenvalue weighted by Gasteiger charge is 2.51. The highest BCUT2D eigenvalue weighted by molar-refractivity contribution is 7.13. The molecule has 7 nitrogen and oxygen atoms in total. The molecule has 0 aliphatic heterocycles. The molecule has 1 fully saturated rings. The van der Waals surface area contributed by atoms with Crippen molar-refractivity contribution in [3.63, 3.8) is 0 Å². The van der Waals surface area contributed by atoms with Gasteiger partial charge in [0.05, 0.1) is 34.6 Å². The van der Waals surface area contributed by atoms with Gasteiger partial charge in [-0.15, -0.1) is 11.3 Å². The van der Waals surface area contributed by atoms with Crippen LogP contribution in [0.4, 0.5) is 4.39 Å². The first-order valence-corrected chi connectivity index (χ1v) is 13.1. The van der Waals surface area contributed by atoms with Crippen molar-refractivity contribution >= 4 is 46.4 Å². The molecule has 0 radical (unpaired) electrons.